The Morgan fingerprint density at radius 1 is 1.19 bits per heavy atom. The molecule has 112 valence electrons. The minimum absolute atomic E-state index is 0.504. The Balaban J connectivity index is 2.21. The first kappa shape index (κ1) is 15.9. The van der Waals surface area contributed by atoms with Gasteiger partial charge in [-0.05, 0) is 42.8 Å². The highest BCUT2D eigenvalue weighted by molar-refractivity contribution is 9.10. The molecule has 3 nitrogen and oxygen atoms in total. The van der Waals surface area contributed by atoms with Gasteiger partial charge >= 0.3 is 0 Å². The van der Waals surface area contributed by atoms with Gasteiger partial charge in [-0.1, -0.05) is 28.1 Å². The van der Waals surface area contributed by atoms with Gasteiger partial charge in [0.05, 0.1) is 13.2 Å². The number of aliphatic hydroxyl groups is 1. The van der Waals surface area contributed by atoms with Gasteiger partial charge in [0, 0.05) is 29.3 Å². The molecule has 0 bridgehead atoms. The van der Waals surface area contributed by atoms with Crippen molar-refractivity contribution in [2.75, 3.05) is 19.1 Å². The largest absolute Gasteiger partial charge is 0.497 e. The van der Waals surface area contributed by atoms with Gasteiger partial charge in [-0.2, -0.15) is 0 Å². The van der Waals surface area contributed by atoms with Gasteiger partial charge in [-0.3, -0.25) is 0 Å². The maximum atomic E-state index is 9.95. The zero-order valence-corrected chi connectivity index (χ0v) is 14.1. The quantitative estimate of drug-likeness (QED) is 0.880. The molecule has 0 spiro atoms. The minimum Gasteiger partial charge on any atom is -0.497 e. The van der Waals surface area contributed by atoms with E-state index in [4.69, 9.17) is 4.74 Å². The molecule has 0 saturated carbocycles. The van der Waals surface area contributed by atoms with Gasteiger partial charge in [0.15, 0.2) is 0 Å². The van der Waals surface area contributed by atoms with E-state index in [1.807, 2.05) is 37.4 Å². The lowest BCUT2D eigenvalue weighted by Crippen LogP contribution is -2.18. The van der Waals surface area contributed by atoms with Crippen molar-refractivity contribution in [2.45, 2.75) is 19.6 Å². The molecule has 0 aliphatic rings. The molecule has 2 rings (SSSR count). The van der Waals surface area contributed by atoms with Gasteiger partial charge < -0.3 is 14.7 Å². The molecule has 0 amide bonds. The van der Waals surface area contributed by atoms with Gasteiger partial charge in [0.25, 0.3) is 0 Å². The first-order valence-electron chi connectivity index (χ1n) is 6.83. The second-order valence-electron chi connectivity index (χ2n) is 5.08. The maximum absolute atomic E-state index is 9.95. The van der Waals surface area contributed by atoms with E-state index in [2.05, 4.69) is 33.0 Å². The Labute approximate surface area is 134 Å². The third-order valence-corrected chi connectivity index (χ3v) is 3.92. The highest BCUT2D eigenvalue weighted by Crippen LogP contribution is 2.29. The number of ether oxygens (including phenoxy) is 1. The van der Waals surface area contributed by atoms with Crippen molar-refractivity contribution in [1.82, 2.24) is 0 Å². The molecular weight excluding hydrogens is 330 g/mol. The molecule has 1 N–H and O–H groups in total. The lowest BCUT2D eigenvalue weighted by molar-refractivity contribution is 0.199. The van der Waals surface area contributed by atoms with E-state index in [1.54, 1.807) is 14.0 Å². The number of rotatable bonds is 5. The van der Waals surface area contributed by atoms with Crippen LogP contribution in [0.15, 0.2) is 46.9 Å². The molecule has 0 fully saturated rings. The Morgan fingerprint density at radius 2 is 1.86 bits per heavy atom. The summed E-state index contributed by atoms with van der Waals surface area (Å²) < 4.78 is 6.14. The average molecular weight is 350 g/mol. The molecule has 0 saturated heterocycles. The van der Waals surface area contributed by atoms with Crippen LogP contribution in [-0.2, 0) is 6.54 Å². The van der Waals surface area contributed by atoms with E-state index in [1.165, 1.54) is 5.56 Å². The summed E-state index contributed by atoms with van der Waals surface area (Å²) in [5, 5.41) is 9.95. The summed E-state index contributed by atoms with van der Waals surface area (Å²) in [5.41, 5.74) is 3.14. The van der Waals surface area contributed by atoms with Crippen LogP contribution in [0.3, 0.4) is 0 Å². The van der Waals surface area contributed by atoms with E-state index < -0.39 is 6.10 Å². The Morgan fingerprint density at radius 3 is 2.43 bits per heavy atom. The van der Waals surface area contributed by atoms with Gasteiger partial charge in [-0.25, -0.2) is 0 Å². The van der Waals surface area contributed by atoms with Crippen LogP contribution >= 0.6 is 15.9 Å². The number of benzene rings is 2. The van der Waals surface area contributed by atoms with Crippen molar-refractivity contribution in [1.29, 1.82) is 0 Å². The predicted octanol–water partition coefficient (Wildman–Crippen LogP) is 4.15. The van der Waals surface area contributed by atoms with E-state index in [0.29, 0.717) is 0 Å². The van der Waals surface area contributed by atoms with Crippen molar-refractivity contribution in [3.05, 3.63) is 58.1 Å². The van der Waals surface area contributed by atoms with Gasteiger partial charge in [0.2, 0.25) is 0 Å². The third kappa shape index (κ3) is 3.99. The van der Waals surface area contributed by atoms with Gasteiger partial charge in [-0.15, -0.1) is 0 Å². The second kappa shape index (κ2) is 6.96. The Hall–Kier alpha value is -1.52. The molecule has 21 heavy (non-hydrogen) atoms. The van der Waals surface area contributed by atoms with E-state index >= 15 is 0 Å². The standard InChI is InChI=1S/C17H20BrNO2/c1-12(20)16-10-14(18)6-9-17(16)19(2)11-13-4-7-15(21-3)8-5-13/h4-10,12,20H,11H2,1-3H3. The first-order chi connectivity index (χ1) is 10.0. The number of hydrogen-bond donors (Lipinski definition) is 1. The summed E-state index contributed by atoms with van der Waals surface area (Å²) in [5.74, 6) is 0.856. The number of nitrogens with zero attached hydrogens (tertiary/aromatic N) is 1. The summed E-state index contributed by atoms with van der Waals surface area (Å²) in [4.78, 5) is 2.14. The zero-order valence-electron chi connectivity index (χ0n) is 12.5. The van der Waals surface area contributed by atoms with Crippen LogP contribution in [0.4, 0.5) is 5.69 Å². The Kier molecular flexibility index (Phi) is 5.26. The van der Waals surface area contributed by atoms with Crippen molar-refractivity contribution in [2.24, 2.45) is 0 Å². The number of methoxy groups -OCH3 is 1. The Bertz CT molecular complexity index is 596. The van der Waals surface area contributed by atoms with Crippen LogP contribution in [-0.4, -0.2) is 19.3 Å². The van der Waals surface area contributed by atoms with Crippen molar-refractivity contribution >= 4 is 21.6 Å². The van der Waals surface area contributed by atoms with Crippen LogP contribution < -0.4 is 9.64 Å². The summed E-state index contributed by atoms with van der Waals surface area (Å²) in [6.07, 6.45) is -0.504. The number of hydrogen-bond acceptors (Lipinski definition) is 3. The van der Waals surface area contributed by atoms with E-state index in [-0.39, 0.29) is 0 Å². The third-order valence-electron chi connectivity index (χ3n) is 3.43. The van der Waals surface area contributed by atoms with Crippen LogP contribution in [0.5, 0.6) is 5.75 Å². The topological polar surface area (TPSA) is 32.7 Å². The number of halogens is 1. The molecule has 1 unspecified atom stereocenters. The van der Waals surface area contributed by atoms with Crippen LogP contribution in [0.25, 0.3) is 0 Å². The highest BCUT2D eigenvalue weighted by atomic mass is 79.9. The first-order valence-corrected chi connectivity index (χ1v) is 7.62. The van der Waals surface area contributed by atoms with Gasteiger partial charge in [0.1, 0.15) is 5.75 Å². The SMILES string of the molecule is COc1ccc(CN(C)c2ccc(Br)cc2C(C)O)cc1. The van der Waals surface area contributed by atoms with Crippen molar-refractivity contribution in [3.8, 4) is 5.75 Å². The van der Waals surface area contributed by atoms with Crippen LogP contribution in [0.2, 0.25) is 0 Å². The maximum Gasteiger partial charge on any atom is 0.118 e. The summed E-state index contributed by atoms with van der Waals surface area (Å²) in [7, 11) is 3.69. The molecule has 0 aliphatic carbocycles. The lowest BCUT2D eigenvalue weighted by Gasteiger charge is -2.24. The molecule has 0 aromatic heterocycles. The molecule has 0 aliphatic heterocycles. The molecule has 0 heterocycles. The summed E-state index contributed by atoms with van der Waals surface area (Å²) in [6.45, 7) is 2.55. The molecule has 0 radical (unpaired) electrons. The van der Waals surface area contributed by atoms with Crippen molar-refractivity contribution < 1.29 is 9.84 Å². The van der Waals surface area contributed by atoms with E-state index in [9.17, 15) is 5.11 Å². The fourth-order valence-corrected chi connectivity index (χ4v) is 2.68. The lowest BCUT2D eigenvalue weighted by atomic mass is 10.1. The van der Waals surface area contributed by atoms with Crippen LogP contribution in [0.1, 0.15) is 24.2 Å². The summed E-state index contributed by atoms with van der Waals surface area (Å²) in [6, 6.07) is 14.0. The molecule has 4 heteroatoms. The van der Waals surface area contributed by atoms with Crippen molar-refractivity contribution in [3.63, 3.8) is 0 Å². The normalized spacial score (nSPS) is 12.0. The smallest absolute Gasteiger partial charge is 0.118 e. The predicted molar refractivity (Wildman–Crippen MR) is 89.9 cm³/mol. The monoisotopic (exact) mass is 349 g/mol. The highest BCUT2D eigenvalue weighted by Gasteiger charge is 2.12. The van der Waals surface area contributed by atoms with Crippen LogP contribution in [0, 0.1) is 0 Å². The zero-order chi connectivity index (χ0) is 15.4. The molecule has 2 aromatic carbocycles. The molecule has 2 aromatic rings. The minimum atomic E-state index is -0.504. The second-order valence-corrected chi connectivity index (χ2v) is 6.00. The molecule has 1 atom stereocenters. The molecular formula is C17H20BrNO2. The number of anilines is 1. The number of aliphatic hydroxyl groups excluding tert-OH is 1. The van der Waals surface area contributed by atoms with E-state index in [0.717, 1.165) is 28.0 Å². The average Bonchev–Trinajstić information content (AvgIpc) is 2.47. The fourth-order valence-electron chi connectivity index (χ4n) is 2.30. The fraction of sp³-hybridized carbons (Fsp3) is 0.294. The summed E-state index contributed by atoms with van der Waals surface area (Å²) >= 11 is 3.45.